The smallest absolute Gasteiger partial charge is 0.326 e. The summed E-state index contributed by atoms with van der Waals surface area (Å²) < 4.78 is 0. The molecule has 1 saturated carbocycles. The number of nitrogens with two attached hydrogens (primary N) is 1. The highest BCUT2D eigenvalue weighted by molar-refractivity contribution is 5.89. The lowest BCUT2D eigenvalue weighted by Crippen LogP contribution is -2.52. The van der Waals surface area contributed by atoms with E-state index in [1.54, 1.807) is 20.8 Å². The summed E-state index contributed by atoms with van der Waals surface area (Å²) in [6, 6.07) is -0.871. The number of hydrogen-bond acceptors (Lipinski definition) is 3. The van der Waals surface area contributed by atoms with Gasteiger partial charge in [0.05, 0.1) is 5.41 Å². The van der Waals surface area contributed by atoms with E-state index in [4.69, 9.17) is 10.8 Å². The summed E-state index contributed by atoms with van der Waals surface area (Å²) in [4.78, 5) is 22.9. The number of carboxylic acids is 1. The molecule has 0 heterocycles. The molecule has 5 heteroatoms. The molecule has 0 radical (unpaired) electrons. The molecule has 1 aliphatic rings. The maximum absolute atomic E-state index is 11.9. The Labute approximate surface area is 95.4 Å². The Kier molecular flexibility index (Phi) is 3.28. The minimum atomic E-state index is -1.01. The Morgan fingerprint density at radius 3 is 2.19 bits per heavy atom. The van der Waals surface area contributed by atoms with Crippen LogP contribution in [0, 0.1) is 10.8 Å². The molecule has 0 unspecified atom stereocenters. The van der Waals surface area contributed by atoms with Crippen molar-refractivity contribution in [3.63, 3.8) is 0 Å². The Morgan fingerprint density at radius 1 is 1.44 bits per heavy atom. The molecular weight excluding hydrogens is 208 g/mol. The van der Waals surface area contributed by atoms with Gasteiger partial charge in [0.25, 0.3) is 0 Å². The molecule has 1 atom stereocenters. The molecule has 4 N–H and O–H groups in total. The van der Waals surface area contributed by atoms with Crippen molar-refractivity contribution in [1.82, 2.24) is 5.32 Å². The summed E-state index contributed by atoms with van der Waals surface area (Å²) in [7, 11) is 0. The molecule has 0 aromatic heterocycles. The van der Waals surface area contributed by atoms with E-state index in [0.717, 1.165) is 12.8 Å². The summed E-state index contributed by atoms with van der Waals surface area (Å²) in [6.45, 7) is 5.64. The van der Waals surface area contributed by atoms with Crippen LogP contribution in [0.15, 0.2) is 0 Å². The number of amides is 1. The molecule has 1 fully saturated rings. The molecular formula is C11H20N2O3. The highest BCUT2D eigenvalue weighted by Crippen LogP contribution is 2.45. The Hall–Kier alpha value is -1.10. The number of carbonyl (C=O) groups is 2. The normalized spacial score (nSPS) is 20.0. The molecule has 0 aromatic rings. The van der Waals surface area contributed by atoms with Crippen LogP contribution in [0.25, 0.3) is 0 Å². The van der Waals surface area contributed by atoms with Gasteiger partial charge in [0.2, 0.25) is 5.91 Å². The molecule has 0 saturated heterocycles. The molecule has 0 aliphatic heterocycles. The molecule has 1 rings (SSSR count). The second kappa shape index (κ2) is 4.05. The fourth-order valence-electron chi connectivity index (χ4n) is 1.61. The van der Waals surface area contributed by atoms with E-state index in [1.807, 2.05) is 0 Å². The predicted molar refractivity (Wildman–Crippen MR) is 59.7 cm³/mol. The summed E-state index contributed by atoms with van der Waals surface area (Å²) in [5, 5.41) is 11.7. The zero-order valence-corrected chi connectivity index (χ0v) is 10.0. The predicted octanol–water partition coefficient (Wildman–Crippen LogP) is 0.341. The van der Waals surface area contributed by atoms with E-state index in [2.05, 4.69) is 5.32 Å². The van der Waals surface area contributed by atoms with Crippen molar-refractivity contribution in [2.75, 3.05) is 6.54 Å². The standard InChI is InChI=1S/C11H20N2O3/c1-10(2,3)7(8(14)15)13-9(16)11(6-12)4-5-11/h7H,4-6,12H2,1-3H3,(H,13,16)(H,14,15)/t7-/m0/s1. The first-order chi connectivity index (χ1) is 7.23. The van der Waals surface area contributed by atoms with Crippen LogP contribution in [0.1, 0.15) is 33.6 Å². The minimum Gasteiger partial charge on any atom is -0.480 e. The zero-order valence-electron chi connectivity index (χ0n) is 10.0. The minimum absolute atomic E-state index is 0.225. The molecule has 0 aromatic carbocycles. The molecule has 1 amide bonds. The highest BCUT2D eigenvalue weighted by atomic mass is 16.4. The Balaban J connectivity index is 2.70. The van der Waals surface area contributed by atoms with Gasteiger partial charge in [0.1, 0.15) is 6.04 Å². The average Bonchev–Trinajstić information content (AvgIpc) is 2.91. The van der Waals surface area contributed by atoms with Crippen LogP contribution in [-0.4, -0.2) is 29.6 Å². The van der Waals surface area contributed by atoms with Gasteiger partial charge in [-0.1, -0.05) is 20.8 Å². The van der Waals surface area contributed by atoms with Crippen molar-refractivity contribution in [2.45, 2.75) is 39.7 Å². The summed E-state index contributed by atoms with van der Waals surface area (Å²) in [6.07, 6.45) is 1.51. The second-order valence-corrected chi connectivity index (χ2v) is 5.60. The topological polar surface area (TPSA) is 92.4 Å². The number of carbonyl (C=O) groups excluding carboxylic acids is 1. The van der Waals surface area contributed by atoms with E-state index in [9.17, 15) is 9.59 Å². The van der Waals surface area contributed by atoms with Crippen LogP contribution in [0.4, 0.5) is 0 Å². The quantitative estimate of drug-likeness (QED) is 0.647. The van der Waals surface area contributed by atoms with Gasteiger partial charge < -0.3 is 16.2 Å². The lowest BCUT2D eigenvalue weighted by atomic mass is 9.86. The molecule has 16 heavy (non-hydrogen) atoms. The third-order valence-corrected chi connectivity index (χ3v) is 3.11. The van der Waals surface area contributed by atoms with Crippen molar-refractivity contribution in [3.8, 4) is 0 Å². The summed E-state index contributed by atoms with van der Waals surface area (Å²) >= 11 is 0. The lowest BCUT2D eigenvalue weighted by Gasteiger charge is -2.29. The molecule has 1 aliphatic carbocycles. The fourth-order valence-corrected chi connectivity index (χ4v) is 1.61. The number of hydrogen-bond donors (Lipinski definition) is 3. The van der Waals surface area contributed by atoms with Gasteiger partial charge in [-0.25, -0.2) is 4.79 Å². The van der Waals surface area contributed by atoms with Crippen LogP contribution in [0.3, 0.4) is 0 Å². The second-order valence-electron chi connectivity index (χ2n) is 5.60. The first kappa shape index (κ1) is 13.0. The SMILES string of the molecule is CC(C)(C)[C@@H](NC(=O)C1(CN)CC1)C(=O)O. The monoisotopic (exact) mass is 228 g/mol. The van der Waals surface area contributed by atoms with E-state index >= 15 is 0 Å². The van der Waals surface area contributed by atoms with E-state index < -0.39 is 22.8 Å². The van der Waals surface area contributed by atoms with Gasteiger partial charge in [0, 0.05) is 6.54 Å². The van der Waals surface area contributed by atoms with Gasteiger partial charge in [-0.3, -0.25) is 4.79 Å². The fraction of sp³-hybridized carbons (Fsp3) is 0.818. The maximum atomic E-state index is 11.9. The van der Waals surface area contributed by atoms with E-state index in [-0.39, 0.29) is 12.5 Å². The Bertz CT molecular complexity index is 303. The Morgan fingerprint density at radius 2 is 1.94 bits per heavy atom. The third kappa shape index (κ3) is 2.52. The van der Waals surface area contributed by atoms with E-state index in [0.29, 0.717) is 0 Å². The van der Waals surface area contributed by atoms with Crippen molar-refractivity contribution in [3.05, 3.63) is 0 Å². The van der Waals surface area contributed by atoms with Crippen LogP contribution in [0.5, 0.6) is 0 Å². The number of aliphatic carboxylic acids is 1. The highest BCUT2D eigenvalue weighted by Gasteiger charge is 2.50. The first-order valence-corrected chi connectivity index (χ1v) is 5.47. The van der Waals surface area contributed by atoms with Gasteiger partial charge in [0.15, 0.2) is 0 Å². The van der Waals surface area contributed by atoms with Crippen molar-refractivity contribution in [2.24, 2.45) is 16.6 Å². The lowest BCUT2D eigenvalue weighted by molar-refractivity contribution is -0.145. The van der Waals surface area contributed by atoms with E-state index in [1.165, 1.54) is 0 Å². The van der Waals surface area contributed by atoms with Crippen LogP contribution in [0.2, 0.25) is 0 Å². The van der Waals surface area contributed by atoms with Gasteiger partial charge >= 0.3 is 5.97 Å². The van der Waals surface area contributed by atoms with Crippen molar-refractivity contribution in [1.29, 1.82) is 0 Å². The van der Waals surface area contributed by atoms with Gasteiger partial charge in [-0.2, -0.15) is 0 Å². The number of rotatable bonds is 4. The van der Waals surface area contributed by atoms with Gasteiger partial charge in [-0.05, 0) is 18.3 Å². The first-order valence-electron chi connectivity index (χ1n) is 5.47. The third-order valence-electron chi connectivity index (χ3n) is 3.11. The molecule has 0 spiro atoms. The molecule has 5 nitrogen and oxygen atoms in total. The van der Waals surface area contributed by atoms with Crippen LogP contribution >= 0.6 is 0 Å². The maximum Gasteiger partial charge on any atom is 0.326 e. The van der Waals surface area contributed by atoms with Crippen LogP contribution < -0.4 is 11.1 Å². The molecule has 0 bridgehead atoms. The van der Waals surface area contributed by atoms with Gasteiger partial charge in [-0.15, -0.1) is 0 Å². The van der Waals surface area contributed by atoms with Crippen LogP contribution in [-0.2, 0) is 9.59 Å². The summed E-state index contributed by atoms with van der Waals surface area (Å²) in [5.74, 6) is -1.23. The number of nitrogens with one attached hydrogen (secondary N) is 1. The summed E-state index contributed by atoms with van der Waals surface area (Å²) in [5.41, 5.74) is 4.51. The zero-order chi connectivity index (χ0) is 12.6. The van der Waals surface area contributed by atoms with Crippen molar-refractivity contribution >= 4 is 11.9 Å². The molecule has 92 valence electrons. The average molecular weight is 228 g/mol. The van der Waals surface area contributed by atoms with Crippen molar-refractivity contribution < 1.29 is 14.7 Å². The number of carboxylic acid groups (broad SMARTS) is 1. The largest absolute Gasteiger partial charge is 0.480 e.